The van der Waals surface area contributed by atoms with E-state index in [1.165, 1.54) is 47.0 Å². The van der Waals surface area contributed by atoms with Gasteiger partial charge in [-0.25, -0.2) is 0 Å². The molecule has 0 bridgehead atoms. The molecule has 0 radical (unpaired) electrons. The van der Waals surface area contributed by atoms with Crippen molar-refractivity contribution in [2.24, 2.45) is 0 Å². The van der Waals surface area contributed by atoms with Gasteiger partial charge in [0.2, 0.25) is 5.91 Å². The van der Waals surface area contributed by atoms with Crippen molar-refractivity contribution in [1.29, 1.82) is 0 Å². The van der Waals surface area contributed by atoms with Crippen molar-refractivity contribution < 1.29 is 9.21 Å². The van der Waals surface area contributed by atoms with Crippen LogP contribution in [0.1, 0.15) is 48.9 Å². The average molecular weight is 417 g/mol. The van der Waals surface area contributed by atoms with Gasteiger partial charge in [-0.1, -0.05) is 11.8 Å². The number of aryl methyl sites for hydroxylation is 1. The van der Waals surface area contributed by atoms with E-state index in [0.717, 1.165) is 23.2 Å². The predicted molar refractivity (Wildman–Crippen MR) is 112 cm³/mol. The molecule has 0 fully saturated rings. The number of aromatic nitrogens is 3. The monoisotopic (exact) mass is 416 g/mol. The van der Waals surface area contributed by atoms with E-state index >= 15 is 0 Å². The van der Waals surface area contributed by atoms with Crippen LogP contribution in [0, 0.1) is 0 Å². The summed E-state index contributed by atoms with van der Waals surface area (Å²) in [6.07, 6.45) is 6.41. The number of nitrogens with one attached hydrogen (secondary N) is 1. The lowest BCUT2D eigenvalue weighted by Crippen LogP contribution is -2.24. The topological polar surface area (TPSA) is 73.0 Å². The largest absolute Gasteiger partial charge is 0.467 e. The number of carbonyl (C=O) groups is 1. The quantitative estimate of drug-likeness (QED) is 0.576. The van der Waals surface area contributed by atoms with Crippen LogP contribution in [0.5, 0.6) is 0 Å². The number of thiophene rings is 1. The Labute approximate surface area is 172 Å². The van der Waals surface area contributed by atoms with E-state index in [1.807, 2.05) is 23.5 Å². The zero-order chi connectivity index (χ0) is 19.5. The summed E-state index contributed by atoms with van der Waals surface area (Å²) in [5.74, 6) is 1.92. The summed E-state index contributed by atoms with van der Waals surface area (Å²) in [4.78, 5) is 13.7. The highest BCUT2D eigenvalue weighted by atomic mass is 32.2. The molecule has 28 heavy (non-hydrogen) atoms. The molecule has 0 aliphatic heterocycles. The lowest BCUT2D eigenvalue weighted by Gasteiger charge is -2.16. The molecule has 0 atom stereocenters. The molecule has 1 aliphatic carbocycles. The molecule has 0 aromatic carbocycles. The van der Waals surface area contributed by atoms with Crippen LogP contribution in [0.4, 0.5) is 0 Å². The summed E-state index contributed by atoms with van der Waals surface area (Å²) in [5, 5.41) is 14.8. The van der Waals surface area contributed by atoms with E-state index < -0.39 is 0 Å². The molecule has 1 aliphatic rings. The Bertz CT molecular complexity index is 944. The Morgan fingerprint density at radius 3 is 3.00 bits per heavy atom. The smallest absolute Gasteiger partial charge is 0.230 e. The van der Waals surface area contributed by atoms with E-state index in [1.54, 1.807) is 6.26 Å². The van der Waals surface area contributed by atoms with E-state index in [4.69, 9.17) is 4.42 Å². The summed E-state index contributed by atoms with van der Waals surface area (Å²) < 4.78 is 7.39. The van der Waals surface area contributed by atoms with Crippen molar-refractivity contribution in [3.05, 3.63) is 40.0 Å². The van der Waals surface area contributed by atoms with Gasteiger partial charge < -0.3 is 9.73 Å². The molecule has 1 amide bonds. The van der Waals surface area contributed by atoms with Gasteiger partial charge in [-0.3, -0.25) is 9.36 Å². The molecule has 6 nitrogen and oxygen atoms in total. The number of carbonyl (C=O) groups excluding carboxylic acids is 1. The number of hydrogen-bond donors (Lipinski definition) is 1. The lowest BCUT2D eigenvalue weighted by molar-refractivity contribution is -0.118. The molecular weight excluding hydrogens is 392 g/mol. The van der Waals surface area contributed by atoms with Crippen molar-refractivity contribution in [2.75, 3.05) is 5.75 Å². The SMILES string of the molecule is CC(C)n1c(SCC(=O)NCc2ccco2)nnc1-c1csc2c1CCCC2. The molecule has 8 heteroatoms. The lowest BCUT2D eigenvalue weighted by atomic mass is 9.95. The summed E-state index contributed by atoms with van der Waals surface area (Å²) in [5.41, 5.74) is 2.66. The summed E-state index contributed by atoms with van der Waals surface area (Å²) in [6, 6.07) is 3.88. The van der Waals surface area contributed by atoms with Gasteiger partial charge in [0.1, 0.15) is 5.76 Å². The molecule has 3 heterocycles. The van der Waals surface area contributed by atoms with Crippen LogP contribution in [0.25, 0.3) is 11.4 Å². The third-order valence-corrected chi connectivity index (χ3v) is 6.89. The first kappa shape index (κ1) is 19.3. The van der Waals surface area contributed by atoms with Gasteiger partial charge in [0.15, 0.2) is 11.0 Å². The molecule has 0 saturated carbocycles. The predicted octanol–water partition coefficient (Wildman–Crippen LogP) is 4.47. The first-order valence-corrected chi connectivity index (χ1v) is 11.5. The van der Waals surface area contributed by atoms with Gasteiger partial charge in [0.25, 0.3) is 0 Å². The number of thioether (sulfide) groups is 1. The number of fused-ring (bicyclic) bond motifs is 1. The van der Waals surface area contributed by atoms with Crippen molar-refractivity contribution >= 4 is 29.0 Å². The van der Waals surface area contributed by atoms with Gasteiger partial charge in [0.05, 0.1) is 18.6 Å². The number of nitrogens with zero attached hydrogens (tertiary/aromatic N) is 3. The molecule has 4 rings (SSSR count). The van der Waals surface area contributed by atoms with Gasteiger partial charge >= 0.3 is 0 Å². The minimum atomic E-state index is -0.0471. The second kappa shape index (κ2) is 8.53. The van der Waals surface area contributed by atoms with Crippen molar-refractivity contribution in [1.82, 2.24) is 20.1 Å². The number of amides is 1. The zero-order valence-corrected chi connectivity index (χ0v) is 17.7. The third kappa shape index (κ3) is 4.03. The molecular formula is C20H24N4O2S2. The van der Waals surface area contributed by atoms with Gasteiger partial charge in [-0.15, -0.1) is 21.5 Å². The second-order valence-corrected chi connectivity index (χ2v) is 9.08. The van der Waals surface area contributed by atoms with Crippen LogP contribution in [0.2, 0.25) is 0 Å². The van der Waals surface area contributed by atoms with Crippen LogP contribution in [-0.2, 0) is 24.2 Å². The fraction of sp³-hybridized carbons (Fsp3) is 0.450. The molecule has 0 unspecified atom stereocenters. The maximum atomic E-state index is 12.2. The fourth-order valence-electron chi connectivity index (χ4n) is 3.49. The fourth-order valence-corrected chi connectivity index (χ4v) is 5.51. The van der Waals surface area contributed by atoms with Crippen LogP contribution >= 0.6 is 23.1 Å². The summed E-state index contributed by atoms with van der Waals surface area (Å²) in [7, 11) is 0. The summed E-state index contributed by atoms with van der Waals surface area (Å²) >= 11 is 3.27. The second-order valence-electron chi connectivity index (χ2n) is 7.17. The Hall–Kier alpha value is -2.06. The van der Waals surface area contributed by atoms with Crippen molar-refractivity contribution in [3.63, 3.8) is 0 Å². The van der Waals surface area contributed by atoms with Crippen molar-refractivity contribution in [3.8, 4) is 11.4 Å². The first-order valence-electron chi connectivity index (χ1n) is 9.60. The standard InChI is InChI=1S/C20H24N4O2S2/c1-13(2)24-19(16-11-27-17-8-4-3-7-15(16)17)22-23-20(24)28-12-18(25)21-10-14-6-5-9-26-14/h5-6,9,11,13H,3-4,7-8,10,12H2,1-2H3,(H,21,25). The Morgan fingerprint density at radius 1 is 1.36 bits per heavy atom. The third-order valence-electron chi connectivity index (χ3n) is 4.86. The van der Waals surface area contributed by atoms with E-state index in [9.17, 15) is 4.79 Å². The normalized spacial score (nSPS) is 13.7. The van der Waals surface area contributed by atoms with Gasteiger partial charge in [-0.05, 0) is 57.2 Å². The van der Waals surface area contributed by atoms with E-state index in [0.29, 0.717) is 12.3 Å². The first-order chi connectivity index (χ1) is 13.6. The van der Waals surface area contributed by atoms with E-state index in [2.05, 4.69) is 39.3 Å². The molecule has 0 spiro atoms. The van der Waals surface area contributed by atoms with Crippen LogP contribution < -0.4 is 5.32 Å². The highest BCUT2D eigenvalue weighted by molar-refractivity contribution is 7.99. The van der Waals surface area contributed by atoms with Gasteiger partial charge in [-0.2, -0.15) is 0 Å². The number of rotatable bonds is 7. The number of furan rings is 1. The molecule has 1 N–H and O–H groups in total. The molecule has 3 aromatic heterocycles. The minimum Gasteiger partial charge on any atom is -0.467 e. The Balaban J connectivity index is 1.48. The number of hydrogen-bond acceptors (Lipinski definition) is 6. The van der Waals surface area contributed by atoms with Gasteiger partial charge in [0, 0.05) is 21.9 Å². The van der Waals surface area contributed by atoms with Crippen LogP contribution in [-0.4, -0.2) is 26.4 Å². The maximum Gasteiger partial charge on any atom is 0.230 e. The van der Waals surface area contributed by atoms with Crippen LogP contribution in [0.3, 0.4) is 0 Å². The molecule has 3 aromatic rings. The Kier molecular flexibility index (Phi) is 5.87. The van der Waals surface area contributed by atoms with E-state index in [-0.39, 0.29) is 11.9 Å². The maximum absolute atomic E-state index is 12.2. The zero-order valence-electron chi connectivity index (χ0n) is 16.1. The molecule has 0 saturated heterocycles. The molecule has 148 valence electrons. The van der Waals surface area contributed by atoms with Crippen molar-refractivity contribution in [2.45, 2.75) is 57.3 Å². The highest BCUT2D eigenvalue weighted by Crippen LogP contribution is 2.37. The Morgan fingerprint density at radius 2 is 2.21 bits per heavy atom. The summed E-state index contributed by atoms with van der Waals surface area (Å²) in [6.45, 7) is 4.66. The highest BCUT2D eigenvalue weighted by Gasteiger charge is 2.23. The van der Waals surface area contributed by atoms with Crippen LogP contribution in [0.15, 0.2) is 33.3 Å². The average Bonchev–Trinajstić information content (AvgIpc) is 3.43. The minimum absolute atomic E-state index is 0.0471.